The number of Topliss-reactive ketones (excluding diaryl/α,β-unsaturated/α-hetero) is 1. The molecule has 5 unspecified atom stereocenters. The third-order valence-corrected chi connectivity index (χ3v) is 10.3. The van der Waals surface area contributed by atoms with Crippen molar-refractivity contribution in [3.05, 3.63) is 58.2 Å². The molecule has 0 spiro atoms. The van der Waals surface area contributed by atoms with Crippen LogP contribution in [0.5, 0.6) is 0 Å². The lowest BCUT2D eigenvalue weighted by Gasteiger charge is -2.55. The van der Waals surface area contributed by atoms with E-state index in [-0.39, 0.29) is 29.4 Å². The van der Waals surface area contributed by atoms with Gasteiger partial charge in [-0.05, 0) is 98.0 Å². The van der Waals surface area contributed by atoms with E-state index in [4.69, 9.17) is 4.74 Å². The molecule has 1 aromatic rings. The molecule has 36 heavy (non-hydrogen) atoms. The number of rotatable bonds is 5. The topological polar surface area (TPSA) is 60.4 Å². The second-order valence-electron chi connectivity index (χ2n) is 12.0. The van der Waals surface area contributed by atoms with Gasteiger partial charge in [0.2, 0.25) is 0 Å². The first-order valence-corrected chi connectivity index (χ1v) is 13.9. The summed E-state index contributed by atoms with van der Waals surface area (Å²) in [5, 5.41) is 0. The second kappa shape index (κ2) is 9.11. The largest absolute Gasteiger partial charge is 0.451 e. The number of allylic oxidation sites excluding steroid dienone is 4. The molecule has 2 fully saturated rings. The van der Waals surface area contributed by atoms with Crippen molar-refractivity contribution in [1.29, 1.82) is 0 Å². The quantitative estimate of drug-likeness (QED) is 0.419. The summed E-state index contributed by atoms with van der Waals surface area (Å²) in [6.45, 7) is 9.73. The summed E-state index contributed by atoms with van der Waals surface area (Å²) in [7, 11) is 0. The van der Waals surface area contributed by atoms with Crippen molar-refractivity contribution in [2.75, 3.05) is 0 Å². The van der Waals surface area contributed by atoms with Crippen LogP contribution in [-0.4, -0.2) is 23.1 Å². The van der Waals surface area contributed by atoms with Crippen molar-refractivity contribution in [3.63, 3.8) is 0 Å². The Morgan fingerprint density at radius 2 is 1.81 bits per heavy atom. The van der Waals surface area contributed by atoms with E-state index in [2.05, 4.69) is 45.0 Å². The maximum Gasteiger partial charge on any atom is 0.303 e. The molecule has 6 atom stereocenters. The Morgan fingerprint density at radius 1 is 1.08 bits per heavy atom. The van der Waals surface area contributed by atoms with E-state index >= 15 is 0 Å². The Kier molecular flexibility index (Phi) is 6.37. The van der Waals surface area contributed by atoms with Crippen LogP contribution >= 0.6 is 0 Å². The van der Waals surface area contributed by atoms with Crippen LogP contribution in [0, 0.1) is 17.3 Å². The number of ether oxygens (including phenoxy) is 1. The first kappa shape index (κ1) is 25.2. The van der Waals surface area contributed by atoms with E-state index in [1.54, 1.807) is 6.92 Å². The minimum atomic E-state index is -1.06. The van der Waals surface area contributed by atoms with Crippen LogP contribution in [0.4, 0.5) is 0 Å². The van der Waals surface area contributed by atoms with Crippen molar-refractivity contribution in [3.8, 4) is 0 Å². The molecule has 0 N–H and O–H groups in total. The number of fused-ring (bicyclic) bond motifs is 4. The fourth-order valence-corrected chi connectivity index (χ4v) is 8.30. The Labute approximate surface area is 215 Å². The van der Waals surface area contributed by atoms with Gasteiger partial charge >= 0.3 is 5.97 Å². The van der Waals surface area contributed by atoms with Crippen molar-refractivity contribution in [2.45, 2.75) is 103 Å². The molecule has 1 aromatic carbocycles. The third kappa shape index (κ3) is 3.74. The summed E-state index contributed by atoms with van der Waals surface area (Å²) in [5.74, 6) is 1.16. The predicted octanol–water partition coefficient (Wildman–Crippen LogP) is 6.99. The Bertz CT molecular complexity index is 1160. The van der Waals surface area contributed by atoms with Gasteiger partial charge in [0.1, 0.15) is 0 Å². The molecule has 0 saturated heterocycles. The SMILES string of the molecule is CCC(C)c1ccc(C2CC3(C)C(CC[C@]3(OC(C)=O)C(C)=O)C3CCC4=CC(=O)CCC4=C23)cc1. The summed E-state index contributed by atoms with van der Waals surface area (Å²) in [6, 6.07) is 9.09. The maximum atomic E-state index is 13.2. The van der Waals surface area contributed by atoms with Gasteiger partial charge in [-0.3, -0.25) is 14.4 Å². The normalized spacial score (nSPS) is 34.3. The fraction of sp³-hybridized carbons (Fsp3) is 0.594. The van der Waals surface area contributed by atoms with Gasteiger partial charge in [0.25, 0.3) is 0 Å². The number of hydrogen-bond donors (Lipinski definition) is 0. The Hall–Kier alpha value is -2.49. The van der Waals surface area contributed by atoms with E-state index in [0.717, 1.165) is 38.5 Å². The highest BCUT2D eigenvalue weighted by molar-refractivity contribution is 5.93. The predicted molar refractivity (Wildman–Crippen MR) is 141 cm³/mol. The lowest BCUT2D eigenvalue weighted by Crippen LogP contribution is -2.57. The fourth-order valence-electron chi connectivity index (χ4n) is 8.30. The van der Waals surface area contributed by atoms with E-state index in [1.807, 2.05) is 6.08 Å². The van der Waals surface area contributed by atoms with E-state index in [0.29, 0.717) is 24.7 Å². The Morgan fingerprint density at radius 3 is 2.44 bits per heavy atom. The van der Waals surface area contributed by atoms with E-state index in [9.17, 15) is 14.4 Å². The molecular formula is C32H40O4. The number of hydrogen-bond acceptors (Lipinski definition) is 4. The summed E-state index contributed by atoms with van der Waals surface area (Å²) in [4.78, 5) is 37.8. The molecule has 0 aromatic heterocycles. The maximum absolute atomic E-state index is 13.2. The Balaban J connectivity index is 1.67. The van der Waals surface area contributed by atoms with Crippen LogP contribution in [0.1, 0.15) is 109 Å². The molecule has 2 saturated carbocycles. The van der Waals surface area contributed by atoms with E-state index in [1.165, 1.54) is 34.8 Å². The van der Waals surface area contributed by atoms with Crippen molar-refractivity contribution in [2.24, 2.45) is 17.3 Å². The molecule has 0 amide bonds. The van der Waals surface area contributed by atoms with Crippen molar-refractivity contribution >= 4 is 17.5 Å². The average Bonchev–Trinajstić information content (AvgIpc) is 3.15. The molecule has 4 nitrogen and oxygen atoms in total. The molecule has 0 heterocycles. The van der Waals surface area contributed by atoms with Crippen LogP contribution in [0.2, 0.25) is 0 Å². The van der Waals surface area contributed by atoms with E-state index < -0.39 is 11.0 Å². The number of carbonyl (C=O) groups is 3. The lowest BCUT2D eigenvalue weighted by molar-refractivity contribution is -0.182. The molecular weight excluding hydrogens is 448 g/mol. The molecule has 192 valence electrons. The lowest BCUT2D eigenvalue weighted by atomic mass is 9.50. The summed E-state index contributed by atoms with van der Waals surface area (Å²) < 4.78 is 6.02. The zero-order chi connectivity index (χ0) is 25.8. The standard InChI is InChI=1S/C32H40O4/c1-6-19(2)22-7-9-23(10-8-22)28-18-31(5)29(15-16-32(31,20(3)33)36-21(4)34)27-13-11-24-17-25(35)12-14-26(24)30(27)28/h7-10,17,19,27-29H,6,11-16,18H2,1-5H3/t19?,27?,28?,29?,31?,32-/m0/s1. The van der Waals surface area contributed by atoms with Crippen LogP contribution in [0.15, 0.2) is 47.1 Å². The minimum absolute atomic E-state index is 0.0238. The van der Waals surface area contributed by atoms with Gasteiger partial charge in [0.15, 0.2) is 17.2 Å². The summed E-state index contributed by atoms with van der Waals surface area (Å²) >= 11 is 0. The van der Waals surface area contributed by atoms with Gasteiger partial charge in [0.05, 0.1) is 0 Å². The number of esters is 1. The molecule has 0 radical (unpaired) electrons. The molecule has 0 bridgehead atoms. The van der Waals surface area contributed by atoms with Crippen LogP contribution < -0.4 is 0 Å². The average molecular weight is 489 g/mol. The number of ketones is 2. The van der Waals surface area contributed by atoms with Crippen LogP contribution in [0.25, 0.3) is 0 Å². The second-order valence-corrected chi connectivity index (χ2v) is 12.0. The zero-order valence-electron chi connectivity index (χ0n) is 22.5. The highest BCUT2D eigenvalue weighted by Crippen LogP contribution is 2.67. The molecule has 4 aliphatic rings. The zero-order valence-corrected chi connectivity index (χ0v) is 22.5. The van der Waals surface area contributed by atoms with Gasteiger partial charge in [-0.15, -0.1) is 0 Å². The number of benzene rings is 1. The first-order chi connectivity index (χ1) is 17.1. The molecule has 4 heteroatoms. The van der Waals surface area contributed by atoms with Crippen LogP contribution in [-0.2, 0) is 19.1 Å². The van der Waals surface area contributed by atoms with Gasteiger partial charge in [-0.2, -0.15) is 0 Å². The minimum Gasteiger partial charge on any atom is -0.451 e. The number of carbonyl (C=O) groups excluding carboxylic acids is 3. The van der Waals surface area contributed by atoms with Crippen molar-refractivity contribution < 1.29 is 19.1 Å². The molecule has 0 aliphatic heterocycles. The highest BCUT2D eigenvalue weighted by atomic mass is 16.6. The molecule has 4 aliphatic carbocycles. The third-order valence-electron chi connectivity index (χ3n) is 10.3. The van der Waals surface area contributed by atoms with Crippen molar-refractivity contribution in [1.82, 2.24) is 0 Å². The van der Waals surface area contributed by atoms with Gasteiger partial charge < -0.3 is 4.74 Å². The smallest absolute Gasteiger partial charge is 0.303 e. The highest BCUT2D eigenvalue weighted by Gasteiger charge is 2.67. The summed E-state index contributed by atoms with van der Waals surface area (Å²) in [6.07, 6.45) is 8.59. The van der Waals surface area contributed by atoms with Gasteiger partial charge in [-0.1, -0.05) is 50.6 Å². The monoisotopic (exact) mass is 488 g/mol. The van der Waals surface area contributed by atoms with Gasteiger partial charge in [-0.25, -0.2) is 0 Å². The first-order valence-electron chi connectivity index (χ1n) is 13.9. The van der Waals surface area contributed by atoms with Gasteiger partial charge in [0, 0.05) is 24.7 Å². The summed E-state index contributed by atoms with van der Waals surface area (Å²) in [5.41, 5.74) is 5.27. The van der Waals surface area contributed by atoms with Crippen LogP contribution in [0.3, 0.4) is 0 Å². The molecule has 5 rings (SSSR count).